The third-order valence-corrected chi connectivity index (χ3v) is 5.43. The molecule has 0 aromatic heterocycles. The van der Waals surface area contributed by atoms with Gasteiger partial charge >= 0.3 is 6.18 Å². The van der Waals surface area contributed by atoms with Gasteiger partial charge in [-0.05, 0) is 49.8 Å². The number of rotatable bonds is 6. The van der Waals surface area contributed by atoms with Gasteiger partial charge in [0, 0.05) is 12.3 Å². The Kier molecular flexibility index (Phi) is 7.36. The van der Waals surface area contributed by atoms with E-state index in [1.807, 2.05) is 0 Å². The lowest BCUT2D eigenvalue weighted by molar-refractivity contribution is -0.137. The molecule has 0 bridgehead atoms. The van der Waals surface area contributed by atoms with Crippen LogP contribution in [0.3, 0.4) is 0 Å². The lowest BCUT2D eigenvalue weighted by Gasteiger charge is -2.26. The second kappa shape index (κ2) is 9.78. The molecular formula is C21H27F3N2O4. The Morgan fingerprint density at radius 1 is 1.17 bits per heavy atom. The van der Waals surface area contributed by atoms with Crippen LogP contribution in [-0.2, 0) is 25.2 Å². The van der Waals surface area contributed by atoms with Crippen molar-refractivity contribution in [3.05, 3.63) is 23.8 Å². The first-order chi connectivity index (χ1) is 14.2. The molecule has 6 nitrogen and oxygen atoms in total. The zero-order valence-corrected chi connectivity index (χ0v) is 16.9. The summed E-state index contributed by atoms with van der Waals surface area (Å²) >= 11 is 0. The predicted octanol–water partition coefficient (Wildman–Crippen LogP) is 4.36. The molecule has 0 radical (unpaired) electrons. The molecule has 1 heterocycles. The Balaban J connectivity index is 1.63. The van der Waals surface area contributed by atoms with Crippen LogP contribution in [0.5, 0.6) is 0 Å². The Hall–Kier alpha value is -2.13. The van der Waals surface area contributed by atoms with E-state index < -0.39 is 29.7 Å². The summed E-state index contributed by atoms with van der Waals surface area (Å²) in [5.41, 5.74) is -1.41. The summed E-state index contributed by atoms with van der Waals surface area (Å²) in [7, 11) is 0. The summed E-state index contributed by atoms with van der Waals surface area (Å²) in [6, 6.07) is 3.27. The van der Waals surface area contributed by atoms with Crippen molar-refractivity contribution in [2.24, 2.45) is 5.92 Å². The Morgan fingerprint density at radius 2 is 1.97 bits per heavy atom. The molecule has 3 unspecified atom stereocenters. The van der Waals surface area contributed by atoms with Gasteiger partial charge in [-0.25, -0.2) is 0 Å². The number of benzene rings is 1. The summed E-state index contributed by atoms with van der Waals surface area (Å²) in [4.78, 5) is 24.3. The van der Waals surface area contributed by atoms with Gasteiger partial charge < -0.3 is 20.1 Å². The molecule has 1 aliphatic heterocycles. The number of anilines is 2. The fourth-order valence-corrected chi connectivity index (χ4v) is 3.88. The Labute approximate surface area is 173 Å². The van der Waals surface area contributed by atoms with Gasteiger partial charge in [0.1, 0.15) is 12.7 Å². The minimum atomic E-state index is -4.70. The third kappa shape index (κ3) is 6.18. The second-order valence-corrected chi connectivity index (χ2v) is 8.00. The van der Waals surface area contributed by atoms with Gasteiger partial charge in [-0.15, -0.1) is 0 Å². The van der Waals surface area contributed by atoms with E-state index in [-0.39, 0.29) is 24.1 Å². The molecule has 1 aromatic rings. The zero-order valence-electron chi connectivity index (χ0n) is 16.9. The molecule has 1 aromatic carbocycles. The van der Waals surface area contributed by atoms with Crippen LogP contribution in [-0.4, -0.2) is 37.2 Å². The SMILES string of the molecule is CC1CCCC(OCC(=O)Nc2ccc(NC(=O)C3CCCO3)cc2C(F)(F)F)C1. The summed E-state index contributed by atoms with van der Waals surface area (Å²) in [5.74, 6) is -0.608. The summed E-state index contributed by atoms with van der Waals surface area (Å²) < 4.78 is 51.4. The number of hydrogen-bond donors (Lipinski definition) is 2. The van der Waals surface area contributed by atoms with Crippen molar-refractivity contribution in [2.45, 2.75) is 63.8 Å². The molecule has 2 N–H and O–H groups in total. The Bertz CT molecular complexity index is 763. The number of halogens is 3. The monoisotopic (exact) mass is 428 g/mol. The Morgan fingerprint density at radius 3 is 2.63 bits per heavy atom. The van der Waals surface area contributed by atoms with Gasteiger partial charge in [-0.2, -0.15) is 13.2 Å². The summed E-state index contributed by atoms with van der Waals surface area (Å²) in [6.45, 7) is 2.27. The maximum absolute atomic E-state index is 13.5. The van der Waals surface area contributed by atoms with Crippen LogP contribution in [0.4, 0.5) is 24.5 Å². The van der Waals surface area contributed by atoms with Crippen molar-refractivity contribution in [3.63, 3.8) is 0 Å². The first-order valence-corrected chi connectivity index (χ1v) is 10.3. The number of carbonyl (C=O) groups excluding carboxylic acids is 2. The average molecular weight is 428 g/mol. The highest BCUT2D eigenvalue weighted by Crippen LogP contribution is 2.37. The highest BCUT2D eigenvalue weighted by atomic mass is 19.4. The van der Waals surface area contributed by atoms with E-state index in [2.05, 4.69) is 17.6 Å². The molecule has 166 valence electrons. The summed E-state index contributed by atoms with van der Waals surface area (Å²) in [6.07, 6.45) is -0.292. The van der Waals surface area contributed by atoms with E-state index in [1.165, 1.54) is 6.07 Å². The number of nitrogens with one attached hydrogen (secondary N) is 2. The molecule has 9 heteroatoms. The molecule has 1 saturated carbocycles. The molecule has 0 spiro atoms. The molecule has 3 atom stereocenters. The van der Waals surface area contributed by atoms with Crippen LogP contribution in [0.25, 0.3) is 0 Å². The van der Waals surface area contributed by atoms with E-state index in [0.717, 1.165) is 44.2 Å². The minimum Gasteiger partial charge on any atom is -0.368 e. The molecular weight excluding hydrogens is 401 g/mol. The fourth-order valence-electron chi connectivity index (χ4n) is 3.88. The van der Waals surface area contributed by atoms with Gasteiger partial charge in [0.15, 0.2) is 0 Å². The largest absolute Gasteiger partial charge is 0.418 e. The first kappa shape index (κ1) is 22.6. The highest BCUT2D eigenvalue weighted by Gasteiger charge is 2.35. The number of ether oxygens (including phenoxy) is 2. The van der Waals surface area contributed by atoms with E-state index in [4.69, 9.17) is 9.47 Å². The summed E-state index contributed by atoms with van der Waals surface area (Å²) in [5, 5.41) is 4.73. The van der Waals surface area contributed by atoms with Gasteiger partial charge in [0.05, 0.1) is 17.4 Å². The van der Waals surface area contributed by atoms with Crippen molar-refractivity contribution < 1.29 is 32.2 Å². The maximum atomic E-state index is 13.5. The first-order valence-electron chi connectivity index (χ1n) is 10.3. The van der Waals surface area contributed by atoms with Crippen LogP contribution >= 0.6 is 0 Å². The molecule has 1 aliphatic carbocycles. The molecule has 3 rings (SSSR count). The van der Waals surface area contributed by atoms with Crippen molar-refractivity contribution in [1.82, 2.24) is 0 Å². The average Bonchev–Trinajstić information content (AvgIpc) is 3.22. The van der Waals surface area contributed by atoms with Gasteiger partial charge in [-0.3, -0.25) is 9.59 Å². The van der Waals surface area contributed by atoms with Crippen molar-refractivity contribution >= 4 is 23.2 Å². The smallest absolute Gasteiger partial charge is 0.368 e. The number of alkyl halides is 3. The van der Waals surface area contributed by atoms with Crippen molar-refractivity contribution in [1.29, 1.82) is 0 Å². The molecule has 30 heavy (non-hydrogen) atoms. The van der Waals surface area contributed by atoms with Gasteiger partial charge in [0.2, 0.25) is 5.91 Å². The minimum absolute atomic E-state index is 0.00623. The zero-order chi connectivity index (χ0) is 21.7. The highest BCUT2D eigenvalue weighted by molar-refractivity contribution is 5.96. The molecule has 1 saturated heterocycles. The van der Waals surface area contributed by atoms with Gasteiger partial charge in [0.25, 0.3) is 5.91 Å². The van der Waals surface area contributed by atoms with Gasteiger partial charge in [-0.1, -0.05) is 19.8 Å². The van der Waals surface area contributed by atoms with Crippen LogP contribution < -0.4 is 10.6 Å². The topological polar surface area (TPSA) is 76.7 Å². The lowest BCUT2D eigenvalue weighted by atomic mass is 9.89. The van der Waals surface area contributed by atoms with Crippen molar-refractivity contribution in [3.8, 4) is 0 Å². The lowest BCUT2D eigenvalue weighted by Crippen LogP contribution is -2.28. The van der Waals surface area contributed by atoms with E-state index in [1.54, 1.807) is 0 Å². The maximum Gasteiger partial charge on any atom is 0.418 e. The van der Waals surface area contributed by atoms with Crippen LogP contribution in [0.1, 0.15) is 51.0 Å². The molecule has 2 fully saturated rings. The predicted molar refractivity (Wildman–Crippen MR) is 105 cm³/mol. The second-order valence-electron chi connectivity index (χ2n) is 8.00. The van der Waals surface area contributed by atoms with Crippen LogP contribution in [0, 0.1) is 5.92 Å². The molecule has 2 aliphatic rings. The van der Waals surface area contributed by atoms with E-state index in [9.17, 15) is 22.8 Å². The quantitative estimate of drug-likeness (QED) is 0.706. The number of carbonyl (C=O) groups is 2. The van der Waals surface area contributed by atoms with Crippen LogP contribution in [0.15, 0.2) is 18.2 Å². The normalized spacial score (nSPS) is 24.5. The van der Waals surface area contributed by atoms with E-state index in [0.29, 0.717) is 18.9 Å². The standard InChI is InChI=1S/C21H27F3N2O4/c1-13-4-2-5-15(10-13)30-12-19(27)26-17-8-7-14(11-16(17)21(22,23)24)25-20(28)18-6-3-9-29-18/h7-8,11,13,15,18H,2-6,9-10,12H2,1H3,(H,25,28)(H,26,27). The fraction of sp³-hybridized carbons (Fsp3) is 0.619. The number of amides is 2. The van der Waals surface area contributed by atoms with Crippen LogP contribution in [0.2, 0.25) is 0 Å². The van der Waals surface area contributed by atoms with Crippen molar-refractivity contribution in [2.75, 3.05) is 23.8 Å². The van der Waals surface area contributed by atoms with E-state index >= 15 is 0 Å². The number of hydrogen-bond acceptors (Lipinski definition) is 4. The third-order valence-electron chi connectivity index (χ3n) is 5.43. The molecule has 2 amide bonds.